The van der Waals surface area contributed by atoms with Gasteiger partial charge in [-0.25, -0.2) is 4.98 Å². The normalized spacial score (nSPS) is 11.7. The second-order valence-electron chi connectivity index (χ2n) is 4.96. The zero-order chi connectivity index (χ0) is 15.6. The number of hydrogen-bond donors (Lipinski definition) is 2. The van der Waals surface area contributed by atoms with Crippen LogP contribution in [-0.2, 0) is 6.61 Å². The lowest BCUT2D eigenvalue weighted by Crippen LogP contribution is -2.14. The van der Waals surface area contributed by atoms with E-state index in [4.69, 9.17) is 15.7 Å². The van der Waals surface area contributed by atoms with Crippen molar-refractivity contribution in [2.45, 2.75) is 34.3 Å². The quantitative estimate of drug-likeness (QED) is 0.394. The van der Waals surface area contributed by atoms with Gasteiger partial charge in [-0.3, -0.25) is 0 Å². The molecule has 1 aromatic carbocycles. The number of aromatic nitrogens is 1. The summed E-state index contributed by atoms with van der Waals surface area (Å²) in [5.41, 5.74) is 9.24. The lowest BCUT2D eigenvalue weighted by molar-refractivity contribution is 0.301. The Balaban J connectivity index is 2.20. The minimum absolute atomic E-state index is 0.0962. The zero-order valence-corrected chi connectivity index (χ0v) is 13.4. The van der Waals surface area contributed by atoms with Crippen LogP contribution in [0.2, 0.25) is 0 Å². The molecule has 0 bridgehead atoms. The average Bonchev–Trinajstić information content (AvgIpc) is 2.75. The van der Waals surface area contributed by atoms with Crippen LogP contribution in [0.15, 0.2) is 17.3 Å². The van der Waals surface area contributed by atoms with Crippen LogP contribution in [0.5, 0.6) is 5.75 Å². The summed E-state index contributed by atoms with van der Waals surface area (Å²) in [5, 5.41) is 12.7. The highest BCUT2D eigenvalue weighted by molar-refractivity contribution is 7.11. The van der Waals surface area contributed by atoms with E-state index < -0.39 is 0 Å². The van der Waals surface area contributed by atoms with E-state index in [1.165, 1.54) is 4.88 Å². The molecule has 0 unspecified atom stereocenters. The summed E-state index contributed by atoms with van der Waals surface area (Å²) in [6.45, 7) is 8.38. The van der Waals surface area contributed by atoms with Gasteiger partial charge in [-0.05, 0) is 51.0 Å². The van der Waals surface area contributed by atoms with E-state index in [1.54, 1.807) is 11.3 Å². The fourth-order valence-corrected chi connectivity index (χ4v) is 2.97. The van der Waals surface area contributed by atoms with E-state index in [0.717, 1.165) is 27.6 Å². The molecule has 5 nitrogen and oxygen atoms in total. The molecular formula is C15H19N3O2S. The topological polar surface area (TPSA) is 80.7 Å². The lowest BCUT2D eigenvalue weighted by Gasteiger charge is -2.13. The molecule has 0 aliphatic rings. The lowest BCUT2D eigenvalue weighted by atomic mass is 10.1. The molecule has 0 spiro atoms. The maximum absolute atomic E-state index is 8.74. The van der Waals surface area contributed by atoms with Crippen LogP contribution in [0.3, 0.4) is 0 Å². The first-order valence-electron chi connectivity index (χ1n) is 6.57. The van der Waals surface area contributed by atoms with Gasteiger partial charge in [0.2, 0.25) is 0 Å². The summed E-state index contributed by atoms with van der Waals surface area (Å²) in [5.74, 6) is 0.911. The van der Waals surface area contributed by atoms with Crippen LogP contribution in [-0.4, -0.2) is 16.0 Å². The standard InChI is InChI=1S/C15H19N3O2S/c1-8-5-12(15(16)18-19)6-9(2)14(8)20-7-13-17-10(3)11(4)21-13/h5-6,19H,7H2,1-4H3,(H2,16,18). The van der Waals surface area contributed by atoms with Crippen molar-refractivity contribution in [3.8, 4) is 5.75 Å². The molecule has 1 heterocycles. The second-order valence-corrected chi connectivity index (χ2v) is 6.25. The Morgan fingerprint density at radius 1 is 1.29 bits per heavy atom. The van der Waals surface area contributed by atoms with Gasteiger partial charge in [0.1, 0.15) is 17.4 Å². The predicted molar refractivity (Wildman–Crippen MR) is 84.3 cm³/mol. The van der Waals surface area contributed by atoms with Crippen LogP contribution in [0.25, 0.3) is 0 Å². The molecule has 2 rings (SSSR count). The predicted octanol–water partition coefficient (Wildman–Crippen LogP) is 3.05. The molecule has 112 valence electrons. The summed E-state index contributed by atoms with van der Waals surface area (Å²) >= 11 is 1.65. The molecular weight excluding hydrogens is 286 g/mol. The molecule has 0 atom stereocenters. The highest BCUT2D eigenvalue weighted by atomic mass is 32.1. The van der Waals surface area contributed by atoms with Crippen LogP contribution >= 0.6 is 11.3 Å². The third-order valence-electron chi connectivity index (χ3n) is 3.28. The van der Waals surface area contributed by atoms with Crippen molar-refractivity contribution in [1.29, 1.82) is 0 Å². The number of nitrogens with zero attached hydrogens (tertiary/aromatic N) is 2. The molecule has 0 aliphatic heterocycles. The van der Waals surface area contributed by atoms with Crippen LogP contribution in [0.1, 0.15) is 32.3 Å². The number of oxime groups is 1. The summed E-state index contributed by atoms with van der Waals surface area (Å²) in [7, 11) is 0. The van der Waals surface area contributed by atoms with E-state index in [0.29, 0.717) is 12.2 Å². The fraction of sp³-hybridized carbons (Fsp3) is 0.333. The SMILES string of the molecule is Cc1cc(C(N)=NO)cc(C)c1OCc1nc(C)c(C)s1. The Morgan fingerprint density at radius 2 is 1.90 bits per heavy atom. The first-order valence-corrected chi connectivity index (χ1v) is 7.39. The zero-order valence-electron chi connectivity index (χ0n) is 12.6. The van der Waals surface area contributed by atoms with Crippen molar-refractivity contribution in [3.05, 3.63) is 44.4 Å². The van der Waals surface area contributed by atoms with Gasteiger partial charge in [-0.1, -0.05) is 5.16 Å². The molecule has 0 saturated heterocycles. The molecule has 21 heavy (non-hydrogen) atoms. The van der Waals surface area contributed by atoms with Gasteiger partial charge >= 0.3 is 0 Å². The highest BCUT2D eigenvalue weighted by Crippen LogP contribution is 2.26. The van der Waals surface area contributed by atoms with Gasteiger partial charge in [0.05, 0.1) is 5.69 Å². The Bertz CT molecular complexity index is 650. The number of aryl methyl sites for hydroxylation is 4. The maximum Gasteiger partial charge on any atom is 0.170 e. The molecule has 3 N–H and O–H groups in total. The van der Waals surface area contributed by atoms with Crippen molar-refractivity contribution in [1.82, 2.24) is 4.98 Å². The summed E-state index contributed by atoms with van der Waals surface area (Å²) in [4.78, 5) is 5.68. The van der Waals surface area contributed by atoms with E-state index in [1.807, 2.05) is 32.9 Å². The molecule has 0 aliphatic carbocycles. The van der Waals surface area contributed by atoms with Crippen molar-refractivity contribution in [2.75, 3.05) is 0 Å². The van der Waals surface area contributed by atoms with E-state index >= 15 is 0 Å². The number of rotatable bonds is 4. The minimum atomic E-state index is 0.0962. The molecule has 0 radical (unpaired) electrons. The third kappa shape index (κ3) is 3.33. The van der Waals surface area contributed by atoms with Crippen LogP contribution < -0.4 is 10.5 Å². The molecule has 2 aromatic rings. The van der Waals surface area contributed by atoms with Gasteiger partial charge in [0, 0.05) is 10.4 Å². The van der Waals surface area contributed by atoms with Crippen LogP contribution in [0, 0.1) is 27.7 Å². The first-order chi connectivity index (χ1) is 9.92. The number of thiazole rings is 1. The Hall–Kier alpha value is -2.08. The summed E-state index contributed by atoms with van der Waals surface area (Å²) in [6.07, 6.45) is 0. The first kappa shape index (κ1) is 15.3. The largest absolute Gasteiger partial charge is 0.486 e. The summed E-state index contributed by atoms with van der Waals surface area (Å²) < 4.78 is 5.90. The van der Waals surface area contributed by atoms with Gasteiger partial charge in [-0.15, -0.1) is 11.3 Å². The van der Waals surface area contributed by atoms with E-state index in [-0.39, 0.29) is 5.84 Å². The molecule has 1 aromatic heterocycles. The monoisotopic (exact) mass is 305 g/mol. The number of ether oxygens (including phenoxy) is 1. The fourth-order valence-electron chi connectivity index (χ4n) is 2.12. The van der Waals surface area contributed by atoms with Crippen molar-refractivity contribution < 1.29 is 9.94 Å². The van der Waals surface area contributed by atoms with Gasteiger partial charge in [0.15, 0.2) is 5.84 Å². The second kappa shape index (κ2) is 6.13. The van der Waals surface area contributed by atoms with Gasteiger partial charge < -0.3 is 15.7 Å². The number of hydrogen-bond acceptors (Lipinski definition) is 5. The average molecular weight is 305 g/mol. The Labute approximate surface area is 128 Å². The van der Waals surface area contributed by atoms with Crippen molar-refractivity contribution >= 4 is 17.2 Å². The highest BCUT2D eigenvalue weighted by Gasteiger charge is 2.11. The molecule has 0 amide bonds. The Morgan fingerprint density at radius 3 is 2.38 bits per heavy atom. The van der Waals surface area contributed by atoms with E-state index in [2.05, 4.69) is 17.1 Å². The third-order valence-corrected chi connectivity index (χ3v) is 4.32. The van der Waals surface area contributed by atoms with Crippen molar-refractivity contribution in [2.24, 2.45) is 10.9 Å². The van der Waals surface area contributed by atoms with Crippen LogP contribution in [0.4, 0.5) is 0 Å². The van der Waals surface area contributed by atoms with Gasteiger partial charge in [-0.2, -0.15) is 0 Å². The maximum atomic E-state index is 8.74. The molecule has 6 heteroatoms. The van der Waals surface area contributed by atoms with Gasteiger partial charge in [0.25, 0.3) is 0 Å². The van der Waals surface area contributed by atoms with Crippen molar-refractivity contribution in [3.63, 3.8) is 0 Å². The number of nitrogens with two attached hydrogens (primary N) is 1. The minimum Gasteiger partial charge on any atom is -0.486 e. The molecule has 0 fully saturated rings. The Kier molecular flexibility index (Phi) is 4.47. The smallest absolute Gasteiger partial charge is 0.170 e. The number of amidine groups is 1. The number of benzene rings is 1. The molecule has 0 saturated carbocycles. The van der Waals surface area contributed by atoms with E-state index in [9.17, 15) is 0 Å². The summed E-state index contributed by atoms with van der Waals surface area (Å²) in [6, 6.07) is 3.69.